The van der Waals surface area contributed by atoms with Gasteiger partial charge in [-0.05, 0) is 53.5 Å². The third-order valence-corrected chi connectivity index (χ3v) is 7.15. The standard InChI is InChI=1S/C24H24Br2ClN3O5/c1-5-13(3)23-29-17-8-7-15(25)10-16(17)24(32)30(23)28-11-14-9-18(33-4)22(21(27)20(14)26)35-12-19(31)34-6-2/h7-11,13H,5-6,12H2,1-4H3/t13-/m0/s1. The number of halogens is 3. The molecule has 186 valence electrons. The Hall–Kier alpha value is -2.43. The SMILES string of the molecule is CCOC(=O)COc1c(OC)cc(C=Nn2c([C@@H](C)CC)nc3ccc(Br)cc3c2=O)c(Br)c1Cl. The number of carbonyl (C=O) groups is 1. The van der Waals surface area contributed by atoms with Gasteiger partial charge in [-0.15, -0.1) is 0 Å². The summed E-state index contributed by atoms with van der Waals surface area (Å²) in [5.41, 5.74) is 0.854. The second-order valence-corrected chi connectivity index (χ2v) is 9.61. The van der Waals surface area contributed by atoms with Crippen LogP contribution in [-0.2, 0) is 9.53 Å². The van der Waals surface area contributed by atoms with Crippen LogP contribution in [0.15, 0.2) is 43.1 Å². The van der Waals surface area contributed by atoms with Crippen LogP contribution in [0.2, 0.25) is 5.02 Å². The van der Waals surface area contributed by atoms with Crippen LogP contribution in [0.1, 0.15) is 44.5 Å². The van der Waals surface area contributed by atoms with E-state index in [1.165, 1.54) is 18.0 Å². The molecule has 0 bridgehead atoms. The van der Waals surface area contributed by atoms with Gasteiger partial charge in [0.1, 0.15) is 10.8 Å². The van der Waals surface area contributed by atoms with E-state index in [9.17, 15) is 9.59 Å². The van der Waals surface area contributed by atoms with E-state index < -0.39 is 5.97 Å². The van der Waals surface area contributed by atoms with Gasteiger partial charge in [0.15, 0.2) is 18.1 Å². The van der Waals surface area contributed by atoms with Gasteiger partial charge >= 0.3 is 5.97 Å². The number of carbonyl (C=O) groups excluding carboxylic acids is 1. The van der Waals surface area contributed by atoms with Crippen molar-refractivity contribution in [2.45, 2.75) is 33.1 Å². The molecule has 8 nitrogen and oxygen atoms in total. The van der Waals surface area contributed by atoms with E-state index in [4.69, 9.17) is 30.8 Å². The van der Waals surface area contributed by atoms with Crippen molar-refractivity contribution in [3.8, 4) is 11.5 Å². The van der Waals surface area contributed by atoms with Crippen molar-refractivity contribution < 1.29 is 19.0 Å². The lowest BCUT2D eigenvalue weighted by molar-refractivity contribution is -0.145. The smallest absolute Gasteiger partial charge is 0.344 e. The molecule has 1 heterocycles. The Kier molecular flexibility index (Phi) is 9.32. The summed E-state index contributed by atoms with van der Waals surface area (Å²) >= 11 is 13.4. The number of hydrogen-bond acceptors (Lipinski definition) is 7. The topological polar surface area (TPSA) is 92.0 Å². The first kappa shape index (κ1) is 27.2. The van der Waals surface area contributed by atoms with Crippen LogP contribution in [-0.4, -0.2) is 42.2 Å². The van der Waals surface area contributed by atoms with Gasteiger partial charge in [-0.25, -0.2) is 9.78 Å². The minimum absolute atomic E-state index is 0.00638. The van der Waals surface area contributed by atoms with E-state index in [0.717, 1.165) is 10.9 Å². The lowest BCUT2D eigenvalue weighted by Crippen LogP contribution is -2.23. The van der Waals surface area contributed by atoms with Crippen molar-refractivity contribution in [2.24, 2.45) is 5.10 Å². The number of esters is 1. The van der Waals surface area contributed by atoms with Crippen LogP contribution >= 0.6 is 43.5 Å². The fourth-order valence-corrected chi connectivity index (χ4v) is 4.23. The molecule has 0 saturated carbocycles. The summed E-state index contributed by atoms with van der Waals surface area (Å²) in [5.74, 6) is 0.486. The molecular formula is C24H24Br2ClN3O5. The van der Waals surface area contributed by atoms with Crippen molar-refractivity contribution in [1.82, 2.24) is 9.66 Å². The molecule has 0 aliphatic carbocycles. The zero-order valence-electron chi connectivity index (χ0n) is 19.6. The number of aromatic nitrogens is 2. The van der Waals surface area contributed by atoms with Crippen LogP contribution in [0.3, 0.4) is 0 Å². The highest BCUT2D eigenvalue weighted by Crippen LogP contribution is 2.42. The Morgan fingerprint density at radius 2 is 2.03 bits per heavy atom. The van der Waals surface area contributed by atoms with E-state index in [-0.39, 0.29) is 35.5 Å². The molecule has 1 aromatic heterocycles. The third kappa shape index (κ3) is 6.05. The summed E-state index contributed by atoms with van der Waals surface area (Å²) in [6.45, 7) is 5.63. The number of fused-ring (bicyclic) bond motifs is 1. The minimum atomic E-state index is -0.528. The average Bonchev–Trinajstić information content (AvgIpc) is 2.84. The summed E-state index contributed by atoms with van der Waals surface area (Å²) < 4.78 is 18.4. The van der Waals surface area contributed by atoms with E-state index in [2.05, 4.69) is 37.0 Å². The first-order chi connectivity index (χ1) is 16.7. The molecule has 0 spiro atoms. The van der Waals surface area contributed by atoms with Crippen LogP contribution < -0.4 is 15.0 Å². The highest BCUT2D eigenvalue weighted by atomic mass is 79.9. The van der Waals surface area contributed by atoms with Crippen molar-refractivity contribution >= 4 is 66.5 Å². The normalized spacial score (nSPS) is 12.2. The maximum atomic E-state index is 13.3. The van der Waals surface area contributed by atoms with Crippen LogP contribution in [0.5, 0.6) is 11.5 Å². The highest BCUT2D eigenvalue weighted by molar-refractivity contribution is 9.10. The molecule has 0 aliphatic rings. The van der Waals surface area contributed by atoms with Crippen molar-refractivity contribution in [1.29, 1.82) is 0 Å². The van der Waals surface area contributed by atoms with Crippen LogP contribution in [0.4, 0.5) is 0 Å². The van der Waals surface area contributed by atoms with Gasteiger partial charge in [0.05, 0.1) is 30.8 Å². The zero-order valence-corrected chi connectivity index (χ0v) is 23.5. The molecule has 0 amide bonds. The Morgan fingerprint density at radius 3 is 2.69 bits per heavy atom. The molecular weight excluding hydrogens is 606 g/mol. The lowest BCUT2D eigenvalue weighted by atomic mass is 10.1. The third-order valence-electron chi connectivity index (χ3n) is 5.21. The van der Waals surface area contributed by atoms with Gasteiger partial charge in [-0.2, -0.15) is 9.78 Å². The van der Waals surface area contributed by atoms with Crippen LogP contribution in [0, 0.1) is 0 Å². The second-order valence-electron chi connectivity index (χ2n) is 7.52. The Bertz CT molecular complexity index is 1340. The number of benzene rings is 2. The number of methoxy groups -OCH3 is 1. The van der Waals surface area contributed by atoms with E-state index in [0.29, 0.717) is 32.5 Å². The molecule has 3 rings (SSSR count). The quantitative estimate of drug-likeness (QED) is 0.216. The van der Waals surface area contributed by atoms with E-state index >= 15 is 0 Å². The fourth-order valence-electron chi connectivity index (χ4n) is 3.22. The Morgan fingerprint density at radius 1 is 1.29 bits per heavy atom. The maximum Gasteiger partial charge on any atom is 0.344 e. The Balaban J connectivity index is 2.08. The lowest BCUT2D eigenvalue weighted by Gasteiger charge is -2.15. The molecule has 3 aromatic rings. The van der Waals surface area contributed by atoms with E-state index in [1.807, 2.05) is 19.9 Å². The van der Waals surface area contributed by atoms with E-state index in [1.54, 1.807) is 25.1 Å². The van der Waals surface area contributed by atoms with Gasteiger partial charge in [0.2, 0.25) is 0 Å². The summed E-state index contributed by atoms with van der Waals surface area (Å²) in [5, 5.41) is 5.10. The first-order valence-electron chi connectivity index (χ1n) is 10.8. The van der Waals surface area contributed by atoms with Gasteiger partial charge in [0, 0.05) is 20.4 Å². The van der Waals surface area contributed by atoms with Crippen molar-refractivity contribution in [2.75, 3.05) is 20.3 Å². The molecule has 0 saturated heterocycles. The first-order valence-corrected chi connectivity index (χ1v) is 12.8. The monoisotopic (exact) mass is 627 g/mol. The van der Waals surface area contributed by atoms with Gasteiger partial charge in [-0.3, -0.25) is 4.79 Å². The second kappa shape index (κ2) is 12.0. The fraction of sp³-hybridized carbons (Fsp3) is 0.333. The van der Waals surface area contributed by atoms with Crippen LogP contribution in [0.25, 0.3) is 10.9 Å². The molecule has 1 atom stereocenters. The Labute approximate surface area is 224 Å². The molecule has 2 aromatic carbocycles. The molecule has 11 heteroatoms. The predicted octanol–water partition coefficient (Wildman–Crippen LogP) is 5.92. The highest BCUT2D eigenvalue weighted by Gasteiger charge is 2.19. The van der Waals surface area contributed by atoms with Gasteiger partial charge in [0.25, 0.3) is 5.56 Å². The molecule has 0 radical (unpaired) electrons. The number of ether oxygens (including phenoxy) is 3. The van der Waals surface area contributed by atoms with Crippen molar-refractivity contribution in [3.63, 3.8) is 0 Å². The largest absolute Gasteiger partial charge is 0.493 e. The zero-order chi connectivity index (χ0) is 25.7. The number of nitrogens with zero attached hydrogens (tertiary/aromatic N) is 3. The maximum absolute atomic E-state index is 13.3. The van der Waals surface area contributed by atoms with Gasteiger partial charge in [-0.1, -0.05) is 41.4 Å². The number of hydrogen-bond donors (Lipinski definition) is 0. The summed E-state index contributed by atoms with van der Waals surface area (Å²) in [4.78, 5) is 29.7. The summed E-state index contributed by atoms with van der Waals surface area (Å²) in [6, 6.07) is 7.01. The molecule has 0 aliphatic heterocycles. The van der Waals surface area contributed by atoms with Crippen molar-refractivity contribution in [3.05, 3.63) is 60.0 Å². The summed E-state index contributed by atoms with van der Waals surface area (Å²) in [6.07, 6.45) is 2.27. The number of rotatable bonds is 9. The summed E-state index contributed by atoms with van der Waals surface area (Å²) in [7, 11) is 1.45. The molecule has 0 N–H and O–H groups in total. The van der Waals surface area contributed by atoms with Gasteiger partial charge < -0.3 is 14.2 Å². The average molecular weight is 630 g/mol. The molecule has 35 heavy (non-hydrogen) atoms. The molecule has 0 unspecified atom stereocenters. The minimum Gasteiger partial charge on any atom is -0.493 e. The predicted molar refractivity (Wildman–Crippen MR) is 143 cm³/mol. The molecule has 0 fully saturated rings.